The first kappa shape index (κ1) is 21.5. The molecule has 4 rings (SSSR count). The first-order chi connectivity index (χ1) is 15.4. The molecule has 2 heterocycles. The Hall–Kier alpha value is -3.72. The van der Waals surface area contributed by atoms with Gasteiger partial charge in [0, 0.05) is 26.2 Å². The van der Waals surface area contributed by atoms with E-state index in [0.29, 0.717) is 16.0 Å². The Kier molecular flexibility index (Phi) is 5.91. The largest absolute Gasteiger partial charge is 0.493 e. The topological polar surface area (TPSA) is 86.0 Å². The van der Waals surface area contributed by atoms with Gasteiger partial charge in [0.05, 0.1) is 18.8 Å². The lowest BCUT2D eigenvalue weighted by Gasteiger charge is -2.11. The van der Waals surface area contributed by atoms with E-state index in [9.17, 15) is 9.59 Å². The van der Waals surface area contributed by atoms with E-state index in [4.69, 9.17) is 9.47 Å². The lowest BCUT2D eigenvalue weighted by atomic mass is 10.1. The van der Waals surface area contributed by atoms with Crippen LogP contribution in [0.2, 0.25) is 0 Å². The van der Waals surface area contributed by atoms with Crippen molar-refractivity contribution in [3.05, 3.63) is 84.5 Å². The number of methoxy groups -OCH3 is 2. The minimum atomic E-state index is -0.456. The van der Waals surface area contributed by atoms with E-state index in [1.165, 1.54) is 4.52 Å². The summed E-state index contributed by atoms with van der Waals surface area (Å²) in [5.41, 5.74) is 2.17. The van der Waals surface area contributed by atoms with Crippen molar-refractivity contribution in [1.29, 1.82) is 0 Å². The van der Waals surface area contributed by atoms with Crippen molar-refractivity contribution < 1.29 is 9.47 Å². The molecule has 0 N–H and O–H groups in total. The predicted molar refractivity (Wildman–Crippen MR) is 125 cm³/mol. The number of hydrogen-bond acceptors (Lipinski definition) is 8. The Bertz CT molecular complexity index is 1440. The van der Waals surface area contributed by atoms with Crippen molar-refractivity contribution in [3.8, 4) is 11.5 Å². The van der Waals surface area contributed by atoms with Crippen LogP contribution in [0, 0.1) is 0 Å². The Balaban J connectivity index is 1.72. The minimum absolute atomic E-state index is 0.187. The van der Waals surface area contributed by atoms with Gasteiger partial charge >= 0.3 is 0 Å². The predicted octanol–water partition coefficient (Wildman–Crippen LogP) is 1.73. The summed E-state index contributed by atoms with van der Waals surface area (Å²) in [6.45, 7) is 0. The van der Waals surface area contributed by atoms with Crippen LogP contribution in [0.3, 0.4) is 0 Å². The summed E-state index contributed by atoms with van der Waals surface area (Å²) in [6.07, 6.45) is 2.00. The molecule has 0 radical (unpaired) electrons. The molecule has 2 aromatic heterocycles. The second-order valence-electron chi connectivity index (χ2n) is 7.33. The Morgan fingerprint density at radius 1 is 1.03 bits per heavy atom. The molecule has 32 heavy (non-hydrogen) atoms. The molecule has 164 valence electrons. The molecule has 0 amide bonds. The number of benzene rings is 2. The highest BCUT2D eigenvalue weighted by Crippen LogP contribution is 2.28. The molecule has 9 heteroatoms. The van der Waals surface area contributed by atoms with E-state index in [2.05, 4.69) is 10.1 Å². The van der Waals surface area contributed by atoms with Crippen LogP contribution in [0.4, 0.5) is 5.69 Å². The summed E-state index contributed by atoms with van der Waals surface area (Å²) in [5.74, 6) is 1.14. The van der Waals surface area contributed by atoms with Crippen molar-refractivity contribution >= 4 is 28.1 Å². The van der Waals surface area contributed by atoms with Gasteiger partial charge in [0.2, 0.25) is 4.96 Å². The number of anilines is 1. The van der Waals surface area contributed by atoms with E-state index >= 15 is 0 Å². The molecular weight excluding hydrogens is 428 g/mol. The van der Waals surface area contributed by atoms with E-state index in [0.717, 1.165) is 28.2 Å². The van der Waals surface area contributed by atoms with Crippen molar-refractivity contribution in [2.75, 3.05) is 33.2 Å². The van der Waals surface area contributed by atoms with Gasteiger partial charge in [-0.3, -0.25) is 9.59 Å². The zero-order valence-electron chi connectivity index (χ0n) is 18.2. The Labute approximate surface area is 188 Å². The number of hydrogen-bond donors (Lipinski definition) is 0. The molecule has 0 saturated heterocycles. The van der Waals surface area contributed by atoms with Crippen molar-refractivity contribution in [3.63, 3.8) is 0 Å². The fourth-order valence-corrected chi connectivity index (χ4v) is 4.16. The number of aromatic nitrogens is 3. The van der Waals surface area contributed by atoms with Crippen LogP contribution in [-0.2, 0) is 6.42 Å². The molecule has 0 unspecified atom stereocenters. The Morgan fingerprint density at radius 3 is 2.41 bits per heavy atom. The van der Waals surface area contributed by atoms with Gasteiger partial charge in [-0.25, -0.2) is 0 Å². The van der Waals surface area contributed by atoms with Crippen molar-refractivity contribution in [2.24, 2.45) is 0 Å². The SMILES string of the molecule is COc1ccc(Cc2nn3c(=O)/c(=C/c4ccc(N(C)C)cc4)sc3nc2=O)cc1OC. The maximum Gasteiger partial charge on any atom is 0.296 e. The standard InChI is InChI=1S/C23H22N4O4S/c1-26(2)16-8-5-14(6-9-16)13-20-22(29)27-23(32-20)24-21(28)17(25-27)11-15-7-10-18(30-3)19(12-15)31-4/h5-10,12-13H,11H2,1-4H3/b20-13-. The van der Waals surface area contributed by atoms with Gasteiger partial charge in [0.1, 0.15) is 5.69 Å². The fourth-order valence-electron chi connectivity index (χ4n) is 3.26. The average molecular weight is 451 g/mol. The van der Waals surface area contributed by atoms with Crippen LogP contribution in [-0.4, -0.2) is 42.9 Å². The highest BCUT2D eigenvalue weighted by atomic mass is 32.1. The summed E-state index contributed by atoms with van der Waals surface area (Å²) in [5, 5.41) is 4.31. The first-order valence-corrected chi connectivity index (χ1v) is 10.6. The lowest BCUT2D eigenvalue weighted by Crippen LogP contribution is -2.28. The highest BCUT2D eigenvalue weighted by molar-refractivity contribution is 7.15. The molecule has 2 aromatic carbocycles. The maximum atomic E-state index is 12.9. The zero-order chi connectivity index (χ0) is 22.8. The van der Waals surface area contributed by atoms with E-state index in [1.54, 1.807) is 32.4 Å². The summed E-state index contributed by atoms with van der Waals surface area (Å²) >= 11 is 1.14. The molecule has 8 nitrogen and oxygen atoms in total. The molecule has 0 aliphatic rings. The van der Waals surface area contributed by atoms with Crippen LogP contribution < -0.4 is 30.0 Å². The van der Waals surface area contributed by atoms with Crippen LogP contribution in [0.15, 0.2) is 52.1 Å². The number of ether oxygens (including phenoxy) is 2. The van der Waals surface area contributed by atoms with Gasteiger partial charge in [0.25, 0.3) is 11.1 Å². The molecular formula is C23H22N4O4S. The monoisotopic (exact) mass is 450 g/mol. The van der Waals surface area contributed by atoms with E-state index in [1.807, 2.05) is 49.3 Å². The second-order valence-corrected chi connectivity index (χ2v) is 8.34. The van der Waals surface area contributed by atoms with Gasteiger partial charge < -0.3 is 14.4 Å². The Morgan fingerprint density at radius 2 is 1.75 bits per heavy atom. The van der Waals surface area contributed by atoms with Gasteiger partial charge in [-0.05, 0) is 41.5 Å². The highest BCUT2D eigenvalue weighted by Gasteiger charge is 2.13. The molecule has 0 saturated carbocycles. The molecule has 0 aliphatic carbocycles. The van der Waals surface area contributed by atoms with Crippen LogP contribution >= 0.6 is 11.3 Å². The molecule has 0 bridgehead atoms. The first-order valence-electron chi connectivity index (χ1n) is 9.82. The van der Waals surface area contributed by atoms with Crippen LogP contribution in [0.5, 0.6) is 11.5 Å². The summed E-state index contributed by atoms with van der Waals surface area (Å²) in [6, 6.07) is 13.2. The molecule has 0 fully saturated rings. The van der Waals surface area contributed by atoms with E-state index in [-0.39, 0.29) is 22.6 Å². The number of fused-ring (bicyclic) bond motifs is 1. The van der Waals surface area contributed by atoms with Gasteiger partial charge in [0.15, 0.2) is 11.5 Å². The molecule has 0 aliphatic heterocycles. The average Bonchev–Trinajstić information content (AvgIpc) is 3.08. The third-order valence-electron chi connectivity index (χ3n) is 4.98. The van der Waals surface area contributed by atoms with Gasteiger partial charge in [-0.15, -0.1) is 0 Å². The zero-order valence-corrected chi connectivity index (χ0v) is 19.0. The molecule has 4 aromatic rings. The van der Waals surface area contributed by atoms with Gasteiger partial charge in [-0.1, -0.05) is 29.5 Å². The third-order valence-corrected chi connectivity index (χ3v) is 5.94. The summed E-state index contributed by atoms with van der Waals surface area (Å²) < 4.78 is 12.2. The van der Waals surface area contributed by atoms with Crippen LogP contribution in [0.1, 0.15) is 16.8 Å². The van der Waals surface area contributed by atoms with Crippen molar-refractivity contribution in [1.82, 2.24) is 14.6 Å². The normalized spacial score (nSPS) is 11.7. The lowest BCUT2D eigenvalue weighted by molar-refractivity contribution is 0.354. The third kappa shape index (κ3) is 4.19. The smallest absolute Gasteiger partial charge is 0.296 e. The summed E-state index contributed by atoms with van der Waals surface area (Å²) in [7, 11) is 7.04. The molecule has 0 atom stereocenters. The van der Waals surface area contributed by atoms with Gasteiger partial charge in [-0.2, -0.15) is 14.6 Å². The van der Waals surface area contributed by atoms with E-state index < -0.39 is 5.56 Å². The number of nitrogens with zero attached hydrogens (tertiary/aromatic N) is 4. The minimum Gasteiger partial charge on any atom is -0.493 e. The van der Waals surface area contributed by atoms with Crippen molar-refractivity contribution in [2.45, 2.75) is 6.42 Å². The summed E-state index contributed by atoms with van der Waals surface area (Å²) in [4.78, 5) is 31.8. The number of rotatable bonds is 6. The quantitative estimate of drug-likeness (QED) is 0.442. The maximum absolute atomic E-state index is 12.9. The second kappa shape index (κ2) is 8.80. The number of thiazole rings is 1. The molecule has 0 spiro atoms. The fraction of sp³-hybridized carbons (Fsp3) is 0.217. The van der Waals surface area contributed by atoms with Crippen LogP contribution in [0.25, 0.3) is 11.0 Å².